The van der Waals surface area contributed by atoms with Crippen molar-refractivity contribution in [3.63, 3.8) is 0 Å². The number of likely N-dealkylation sites (N-methyl/N-ethyl adjacent to an activating group) is 1. The van der Waals surface area contributed by atoms with Gasteiger partial charge in [-0.1, -0.05) is 0 Å². The molecule has 1 saturated heterocycles. The Balaban J connectivity index is 2.24. The minimum atomic E-state index is -0.157. The standard InChI is InChI=1S/C11H21N3O3/c1-14(8-10(15)13-6-7-17-2)11(16)9-4-3-5-12-9/h9,12H,3-8H2,1-2H3,(H,13,15). The Morgan fingerprint density at radius 2 is 2.29 bits per heavy atom. The smallest absolute Gasteiger partial charge is 0.239 e. The van der Waals surface area contributed by atoms with E-state index in [4.69, 9.17) is 4.74 Å². The Hall–Kier alpha value is -1.14. The maximum Gasteiger partial charge on any atom is 0.239 e. The van der Waals surface area contributed by atoms with E-state index in [1.807, 2.05) is 0 Å². The normalized spacial score (nSPS) is 19.1. The summed E-state index contributed by atoms with van der Waals surface area (Å²) in [6.07, 6.45) is 1.87. The number of hydrogen-bond acceptors (Lipinski definition) is 4. The second-order valence-corrected chi connectivity index (χ2v) is 4.19. The molecule has 0 aromatic rings. The molecule has 0 aromatic heterocycles. The molecule has 1 aliphatic rings. The highest BCUT2D eigenvalue weighted by molar-refractivity contribution is 5.87. The van der Waals surface area contributed by atoms with Crippen LogP contribution in [0.2, 0.25) is 0 Å². The monoisotopic (exact) mass is 243 g/mol. The lowest BCUT2D eigenvalue weighted by Gasteiger charge is -2.20. The Labute approximate surface area is 102 Å². The van der Waals surface area contributed by atoms with Gasteiger partial charge in [-0.05, 0) is 19.4 Å². The third kappa shape index (κ3) is 4.70. The van der Waals surface area contributed by atoms with Crippen molar-refractivity contribution in [2.75, 3.05) is 40.4 Å². The summed E-state index contributed by atoms with van der Waals surface area (Å²) in [6, 6.07) is -0.119. The number of nitrogens with zero attached hydrogens (tertiary/aromatic N) is 1. The van der Waals surface area contributed by atoms with Crippen molar-refractivity contribution >= 4 is 11.8 Å². The highest BCUT2D eigenvalue weighted by atomic mass is 16.5. The first-order valence-corrected chi connectivity index (χ1v) is 5.89. The molecule has 1 atom stereocenters. The number of rotatable bonds is 6. The molecule has 0 aromatic carbocycles. The predicted molar refractivity (Wildman–Crippen MR) is 63.5 cm³/mol. The van der Waals surface area contributed by atoms with Gasteiger partial charge in [-0.15, -0.1) is 0 Å². The van der Waals surface area contributed by atoms with Gasteiger partial charge in [0.05, 0.1) is 19.2 Å². The average Bonchev–Trinajstić information content (AvgIpc) is 2.81. The summed E-state index contributed by atoms with van der Waals surface area (Å²) in [5, 5.41) is 5.80. The summed E-state index contributed by atoms with van der Waals surface area (Å²) in [4.78, 5) is 24.8. The van der Waals surface area contributed by atoms with E-state index in [9.17, 15) is 9.59 Å². The summed E-state index contributed by atoms with van der Waals surface area (Å²) >= 11 is 0. The van der Waals surface area contributed by atoms with Gasteiger partial charge < -0.3 is 20.3 Å². The second-order valence-electron chi connectivity index (χ2n) is 4.19. The predicted octanol–water partition coefficient (Wildman–Crippen LogP) is -1.04. The first-order chi connectivity index (χ1) is 8.15. The van der Waals surface area contributed by atoms with E-state index in [-0.39, 0.29) is 24.4 Å². The van der Waals surface area contributed by atoms with Crippen LogP contribution >= 0.6 is 0 Å². The van der Waals surface area contributed by atoms with Crippen LogP contribution in [0, 0.1) is 0 Å². The van der Waals surface area contributed by atoms with E-state index in [0.29, 0.717) is 13.2 Å². The highest BCUT2D eigenvalue weighted by Gasteiger charge is 2.25. The van der Waals surface area contributed by atoms with Crippen LogP contribution in [0.3, 0.4) is 0 Å². The summed E-state index contributed by atoms with van der Waals surface area (Å²) in [5.74, 6) is -0.166. The SMILES string of the molecule is COCCNC(=O)CN(C)C(=O)C1CCCN1. The quantitative estimate of drug-likeness (QED) is 0.585. The maximum atomic E-state index is 11.9. The molecule has 1 unspecified atom stereocenters. The van der Waals surface area contributed by atoms with Crippen LogP contribution in [0.25, 0.3) is 0 Å². The zero-order valence-corrected chi connectivity index (χ0v) is 10.5. The van der Waals surface area contributed by atoms with E-state index in [1.165, 1.54) is 4.90 Å². The third-order valence-corrected chi connectivity index (χ3v) is 2.74. The lowest BCUT2D eigenvalue weighted by atomic mass is 10.2. The summed E-state index contributed by atoms with van der Waals surface area (Å²) in [5.41, 5.74) is 0. The van der Waals surface area contributed by atoms with Crippen LogP contribution < -0.4 is 10.6 Å². The topological polar surface area (TPSA) is 70.7 Å². The zero-order valence-electron chi connectivity index (χ0n) is 10.5. The molecule has 0 bridgehead atoms. The summed E-state index contributed by atoms with van der Waals surface area (Å²) in [7, 11) is 3.23. The van der Waals surface area contributed by atoms with E-state index in [2.05, 4.69) is 10.6 Å². The fraction of sp³-hybridized carbons (Fsp3) is 0.818. The number of carbonyl (C=O) groups is 2. The molecule has 0 aliphatic carbocycles. The third-order valence-electron chi connectivity index (χ3n) is 2.74. The van der Waals surface area contributed by atoms with Gasteiger partial charge in [0.1, 0.15) is 0 Å². The molecule has 0 radical (unpaired) electrons. The van der Waals surface area contributed by atoms with Crippen LogP contribution in [-0.4, -0.2) is 63.2 Å². The van der Waals surface area contributed by atoms with Gasteiger partial charge in [0.2, 0.25) is 11.8 Å². The van der Waals surface area contributed by atoms with Crippen LogP contribution in [0.1, 0.15) is 12.8 Å². The number of nitrogens with one attached hydrogen (secondary N) is 2. The second kappa shape index (κ2) is 7.24. The molecule has 1 heterocycles. The number of carbonyl (C=O) groups excluding carboxylic acids is 2. The molecular weight excluding hydrogens is 222 g/mol. The summed E-state index contributed by atoms with van der Waals surface area (Å²) < 4.78 is 4.82. The van der Waals surface area contributed by atoms with Gasteiger partial charge in [-0.25, -0.2) is 0 Å². The van der Waals surface area contributed by atoms with Crippen LogP contribution in [0.5, 0.6) is 0 Å². The molecule has 6 heteroatoms. The lowest BCUT2D eigenvalue weighted by Crippen LogP contribution is -2.46. The molecule has 1 rings (SSSR count). The van der Waals surface area contributed by atoms with Gasteiger partial charge in [0.25, 0.3) is 0 Å². The van der Waals surface area contributed by atoms with Crippen molar-refractivity contribution in [2.45, 2.75) is 18.9 Å². The molecule has 2 amide bonds. The van der Waals surface area contributed by atoms with Crippen LogP contribution in [0.4, 0.5) is 0 Å². The zero-order chi connectivity index (χ0) is 12.7. The van der Waals surface area contributed by atoms with Crippen molar-refractivity contribution in [1.29, 1.82) is 0 Å². The molecule has 1 fully saturated rings. The van der Waals surface area contributed by atoms with Crippen molar-refractivity contribution < 1.29 is 14.3 Å². The fourth-order valence-corrected chi connectivity index (χ4v) is 1.80. The number of methoxy groups -OCH3 is 1. The number of amides is 2. The molecule has 98 valence electrons. The number of hydrogen-bond donors (Lipinski definition) is 2. The summed E-state index contributed by atoms with van der Waals surface area (Å²) in [6.45, 7) is 1.93. The Morgan fingerprint density at radius 3 is 2.88 bits per heavy atom. The first kappa shape index (κ1) is 13.9. The largest absolute Gasteiger partial charge is 0.383 e. The van der Waals surface area contributed by atoms with Crippen LogP contribution in [-0.2, 0) is 14.3 Å². The van der Waals surface area contributed by atoms with Crippen molar-refractivity contribution in [3.05, 3.63) is 0 Å². The average molecular weight is 243 g/mol. The van der Waals surface area contributed by atoms with Gasteiger partial charge >= 0.3 is 0 Å². The van der Waals surface area contributed by atoms with E-state index < -0.39 is 0 Å². The molecule has 0 spiro atoms. The molecule has 6 nitrogen and oxygen atoms in total. The molecule has 2 N–H and O–H groups in total. The van der Waals surface area contributed by atoms with E-state index >= 15 is 0 Å². The van der Waals surface area contributed by atoms with Gasteiger partial charge in [0.15, 0.2) is 0 Å². The fourth-order valence-electron chi connectivity index (χ4n) is 1.80. The van der Waals surface area contributed by atoms with Gasteiger partial charge in [-0.2, -0.15) is 0 Å². The van der Waals surface area contributed by atoms with Gasteiger partial charge in [0, 0.05) is 20.7 Å². The minimum absolute atomic E-state index is 0.00982. The highest BCUT2D eigenvalue weighted by Crippen LogP contribution is 2.07. The Morgan fingerprint density at radius 1 is 1.53 bits per heavy atom. The number of ether oxygens (including phenoxy) is 1. The molecule has 17 heavy (non-hydrogen) atoms. The van der Waals surface area contributed by atoms with E-state index in [0.717, 1.165) is 19.4 Å². The Bertz CT molecular complexity index is 265. The Kier molecular flexibility index (Phi) is 5.93. The van der Waals surface area contributed by atoms with Gasteiger partial charge in [-0.3, -0.25) is 9.59 Å². The maximum absolute atomic E-state index is 11.9. The van der Waals surface area contributed by atoms with Crippen molar-refractivity contribution in [3.8, 4) is 0 Å². The molecular formula is C11H21N3O3. The van der Waals surface area contributed by atoms with Crippen molar-refractivity contribution in [1.82, 2.24) is 15.5 Å². The van der Waals surface area contributed by atoms with Crippen LogP contribution in [0.15, 0.2) is 0 Å². The molecule has 0 saturated carbocycles. The minimum Gasteiger partial charge on any atom is -0.383 e. The lowest BCUT2D eigenvalue weighted by molar-refractivity contribution is -0.136. The van der Waals surface area contributed by atoms with Crippen molar-refractivity contribution in [2.24, 2.45) is 0 Å². The first-order valence-electron chi connectivity index (χ1n) is 5.89. The van der Waals surface area contributed by atoms with E-state index in [1.54, 1.807) is 14.2 Å². The molecule has 1 aliphatic heterocycles.